The van der Waals surface area contributed by atoms with Crippen molar-refractivity contribution in [1.29, 1.82) is 0 Å². The molecule has 16 heteroatoms. The van der Waals surface area contributed by atoms with Gasteiger partial charge in [0, 0.05) is 32.5 Å². The summed E-state index contributed by atoms with van der Waals surface area (Å²) in [6.45, 7) is 1.86. The molecule has 0 spiro atoms. The second kappa shape index (κ2) is 21.5. The molecule has 0 aliphatic carbocycles. The Balaban J connectivity index is 1.95. The summed E-state index contributed by atoms with van der Waals surface area (Å²) in [5, 5.41) is 19.2. The van der Waals surface area contributed by atoms with Crippen LogP contribution in [0, 0.1) is 0 Å². The number of amides is 5. The van der Waals surface area contributed by atoms with Gasteiger partial charge in [0.15, 0.2) is 9.03 Å². The number of hydrogen-bond donors (Lipinski definition) is 6. The van der Waals surface area contributed by atoms with Crippen LogP contribution in [-0.2, 0) is 38.0 Å². The molecule has 0 aromatic rings. The smallest absolute Gasteiger partial charge is 0.239 e. The van der Waals surface area contributed by atoms with Crippen LogP contribution in [-0.4, -0.2) is 123 Å². The van der Waals surface area contributed by atoms with Crippen LogP contribution in [0.1, 0.15) is 32.1 Å². The van der Waals surface area contributed by atoms with Gasteiger partial charge in [0.1, 0.15) is 0 Å². The molecule has 1 fully saturated rings. The Bertz CT molecular complexity index is 745. The normalized spacial score (nSPS) is 15.0. The Morgan fingerprint density at radius 3 is 1.92 bits per heavy atom. The maximum atomic E-state index is 12.0. The second-order valence-electron chi connectivity index (χ2n) is 8.33. The lowest BCUT2D eigenvalue weighted by Crippen LogP contribution is -2.44. The summed E-state index contributed by atoms with van der Waals surface area (Å²) < 4.78 is 15.2. The van der Waals surface area contributed by atoms with Crippen molar-refractivity contribution in [3.8, 4) is 0 Å². The van der Waals surface area contributed by atoms with E-state index >= 15 is 0 Å². The molecule has 0 radical (unpaired) electrons. The molecule has 1 rings (SSSR count). The van der Waals surface area contributed by atoms with E-state index in [9.17, 15) is 29.1 Å². The first-order valence-corrected chi connectivity index (χ1v) is 13.4. The average Bonchev–Trinajstić information content (AvgIpc) is 3.34. The molecule has 1 aliphatic rings. The number of aliphatic hydroxyl groups is 1. The number of carbonyl (C=O) groups excluding carboxylic acids is 5. The molecule has 1 aliphatic heterocycles. The highest BCUT2D eigenvalue weighted by molar-refractivity contribution is 7.24. The third-order valence-corrected chi connectivity index (χ3v) is 5.57. The molecule has 0 aromatic heterocycles. The molecule has 15 nitrogen and oxygen atoms in total. The fraction of sp³-hybridized carbons (Fsp3) is 0.773. The van der Waals surface area contributed by atoms with E-state index in [0.717, 1.165) is 0 Å². The van der Waals surface area contributed by atoms with Crippen molar-refractivity contribution in [2.24, 2.45) is 0 Å². The van der Waals surface area contributed by atoms with Crippen molar-refractivity contribution < 1.29 is 48.0 Å². The second-order valence-corrected chi connectivity index (χ2v) is 8.81. The van der Waals surface area contributed by atoms with Gasteiger partial charge in [-0.2, -0.15) is 0 Å². The van der Waals surface area contributed by atoms with E-state index in [-0.39, 0.29) is 51.0 Å². The molecule has 38 heavy (non-hydrogen) atoms. The Hall–Kier alpha value is -2.42. The fourth-order valence-corrected chi connectivity index (χ4v) is 3.41. The number of nitrogens with zero attached hydrogens (tertiary/aromatic N) is 1. The molecule has 6 N–H and O–H groups in total. The van der Waals surface area contributed by atoms with Crippen molar-refractivity contribution in [2.45, 2.75) is 38.2 Å². The van der Waals surface area contributed by atoms with Gasteiger partial charge in [-0.3, -0.25) is 24.0 Å². The van der Waals surface area contributed by atoms with Crippen LogP contribution in [0.5, 0.6) is 0 Å². The van der Waals surface area contributed by atoms with E-state index in [1.54, 1.807) is 4.90 Å². The van der Waals surface area contributed by atoms with Crippen LogP contribution in [0.4, 0.5) is 0 Å². The zero-order valence-electron chi connectivity index (χ0n) is 21.5. The molecule has 1 heterocycles. The number of β-amino-alcohol motifs (C(OH)–C–C–N with tert-alkyl or cyclic N) is 1. The Kier molecular flexibility index (Phi) is 19.0. The van der Waals surface area contributed by atoms with Crippen molar-refractivity contribution in [3.05, 3.63) is 0 Å². The van der Waals surface area contributed by atoms with E-state index in [1.165, 1.54) is 0 Å². The van der Waals surface area contributed by atoms with Gasteiger partial charge in [0.2, 0.25) is 29.5 Å². The topological polar surface area (TPSA) is 205 Å². The number of ether oxygens (including phenoxy) is 2. The molecule has 5 amide bonds. The Morgan fingerprint density at radius 1 is 0.763 bits per heavy atom. The number of aliphatic hydroxyl groups excluding tert-OH is 1. The van der Waals surface area contributed by atoms with E-state index in [2.05, 4.69) is 21.3 Å². The Morgan fingerprint density at radius 2 is 1.32 bits per heavy atom. The van der Waals surface area contributed by atoms with Gasteiger partial charge < -0.3 is 50.2 Å². The van der Waals surface area contributed by atoms with E-state index in [1.807, 2.05) is 0 Å². The third-order valence-electron chi connectivity index (χ3n) is 5.23. The summed E-state index contributed by atoms with van der Waals surface area (Å²) in [6.07, 6.45) is 1.62. The van der Waals surface area contributed by atoms with Crippen LogP contribution >= 0.6 is 9.03 Å². The lowest BCUT2D eigenvalue weighted by atomic mass is 10.1. The van der Waals surface area contributed by atoms with E-state index in [4.69, 9.17) is 18.9 Å². The molecular weight excluding hydrogens is 525 g/mol. The summed E-state index contributed by atoms with van der Waals surface area (Å²) >= 11 is 0. The maximum absolute atomic E-state index is 12.0. The number of nitrogens with one attached hydrogen (secondary N) is 4. The van der Waals surface area contributed by atoms with Crippen molar-refractivity contribution in [3.63, 3.8) is 0 Å². The summed E-state index contributed by atoms with van der Waals surface area (Å²) in [5.74, 6) is -1.91. The van der Waals surface area contributed by atoms with Crippen LogP contribution < -0.4 is 21.3 Å². The molecule has 0 saturated carbocycles. The van der Waals surface area contributed by atoms with Crippen molar-refractivity contribution in [2.75, 3.05) is 72.3 Å². The molecule has 0 aromatic carbocycles. The monoisotopic (exact) mass is 565 g/mol. The number of hydrogen-bond acceptors (Lipinski definition) is 10. The lowest BCUT2D eigenvalue weighted by Gasteiger charge is -2.15. The highest BCUT2D eigenvalue weighted by Crippen LogP contribution is 2.12. The largest absolute Gasteiger partial charge is 0.391 e. The summed E-state index contributed by atoms with van der Waals surface area (Å²) in [7, 11) is -0.561. The van der Waals surface area contributed by atoms with Crippen molar-refractivity contribution in [1.82, 2.24) is 26.2 Å². The molecular formula is C22H40N5O10P. The van der Waals surface area contributed by atoms with Crippen molar-refractivity contribution >= 4 is 38.6 Å². The zero-order chi connectivity index (χ0) is 28.0. The third kappa shape index (κ3) is 17.9. The van der Waals surface area contributed by atoms with Gasteiger partial charge in [0.25, 0.3) is 0 Å². The quantitative estimate of drug-likeness (QED) is 0.0621. The number of likely N-dealkylation sites (tertiary alicyclic amines) is 1. The molecule has 2 atom stereocenters. The van der Waals surface area contributed by atoms with Gasteiger partial charge >= 0.3 is 0 Å². The summed E-state index contributed by atoms with van der Waals surface area (Å²) in [5.41, 5.74) is 0. The van der Waals surface area contributed by atoms with Crippen LogP contribution in [0.25, 0.3) is 0 Å². The van der Waals surface area contributed by atoms with Gasteiger partial charge in [-0.05, 0) is 19.3 Å². The minimum absolute atomic E-state index is 0.0359. The minimum Gasteiger partial charge on any atom is -0.391 e. The van der Waals surface area contributed by atoms with Gasteiger partial charge in [0.05, 0.1) is 58.8 Å². The van der Waals surface area contributed by atoms with E-state index in [0.29, 0.717) is 65.2 Å². The number of unbranched alkanes of at least 4 members (excludes halogenated alkanes) is 1. The number of rotatable bonds is 21. The first-order valence-electron chi connectivity index (χ1n) is 12.5. The highest BCUT2D eigenvalue weighted by Gasteiger charge is 2.23. The summed E-state index contributed by atoms with van der Waals surface area (Å²) in [6, 6.07) is 0. The highest BCUT2D eigenvalue weighted by atomic mass is 31.1. The average molecular weight is 566 g/mol. The van der Waals surface area contributed by atoms with Gasteiger partial charge in [-0.15, -0.1) is 0 Å². The van der Waals surface area contributed by atoms with Gasteiger partial charge in [-0.25, -0.2) is 0 Å². The molecule has 218 valence electrons. The SMILES string of the molecule is O=C(CCCCC(=O)N1CCC(O)C1)NCC(=O)NCC(=O)NCC(=O)NCCOCCOCCOPO. The Labute approximate surface area is 223 Å². The molecule has 1 saturated heterocycles. The first-order chi connectivity index (χ1) is 18.3. The fourth-order valence-electron chi connectivity index (χ4n) is 3.23. The molecule has 0 bridgehead atoms. The zero-order valence-corrected chi connectivity index (χ0v) is 22.5. The molecule has 2 unspecified atom stereocenters. The van der Waals surface area contributed by atoms with Crippen LogP contribution in [0.3, 0.4) is 0 Å². The number of carbonyl (C=O) groups is 5. The predicted molar refractivity (Wildman–Crippen MR) is 136 cm³/mol. The first kappa shape index (κ1) is 33.6. The summed E-state index contributed by atoms with van der Waals surface area (Å²) in [4.78, 5) is 69.2. The van der Waals surface area contributed by atoms with Crippen LogP contribution in [0.15, 0.2) is 0 Å². The van der Waals surface area contributed by atoms with Crippen LogP contribution in [0.2, 0.25) is 0 Å². The van der Waals surface area contributed by atoms with Gasteiger partial charge in [-0.1, -0.05) is 0 Å². The predicted octanol–water partition coefficient (Wildman–Crippen LogP) is -2.84. The van der Waals surface area contributed by atoms with E-state index < -0.39 is 32.9 Å². The maximum Gasteiger partial charge on any atom is 0.239 e. The minimum atomic E-state index is -0.561. The lowest BCUT2D eigenvalue weighted by molar-refractivity contribution is -0.131. The standard InChI is InChI=1S/C22H40N5O10P/c28-17-5-7-27(16-17)22(33)4-2-1-3-18(29)24-14-20(31)26-15-21(32)25-13-19(30)23-6-8-35-9-10-36-11-12-37-38-34/h17,28,34,38H,1-16H2,(H,23,30)(H,24,29)(H,25,32)(H,26,31).